The van der Waals surface area contributed by atoms with E-state index in [0.29, 0.717) is 13.2 Å². The van der Waals surface area contributed by atoms with Crippen molar-refractivity contribution in [3.05, 3.63) is 57.8 Å². The Labute approximate surface area is 122 Å². The number of hydrogen-bond donors (Lipinski definition) is 2. The summed E-state index contributed by atoms with van der Waals surface area (Å²) in [4.78, 5) is 12.6. The molecule has 106 valence electrons. The van der Waals surface area contributed by atoms with Crippen molar-refractivity contribution >= 4 is 17.3 Å². The number of benzene rings is 1. The number of thiophene rings is 1. The summed E-state index contributed by atoms with van der Waals surface area (Å²) in [6, 6.07) is 10.7. The Bertz CT molecular complexity index is 554. The largest absolute Gasteiger partial charge is 0.480 e. The normalized spacial score (nSPS) is 12.2. The summed E-state index contributed by atoms with van der Waals surface area (Å²) in [6.07, 6.45) is 0. The van der Waals surface area contributed by atoms with Crippen molar-refractivity contribution in [2.45, 2.75) is 19.2 Å². The zero-order chi connectivity index (χ0) is 14.4. The molecule has 20 heavy (non-hydrogen) atoms. The molecule has 0 spiro atoms. The van der Waals surface area contributed by atoms with Crippen LogP contribution in [0.4, 0.5) is 0 Å². The maximum Gasteiger partial charge on any atom is 0.325 e. The molecule has 1 atom stereocenters. The predicted molar refractivity (Wildman–Crippen MR) is 78.7 cm³/mol. The van der Waals surface area contributed by atoms with Gasteiger partial charge in [-0.25, -0.2) is 0 Å². The quantitative estimate of drug-likeness (QED) is 0.823. The molecule has 2 rings (SSSR count). The van der Waals surface area contributed by atoms with Gasteiger partial charge in [-0.05, 0) is 22.6 Å². The lowest BCUT2D eigenvalue weighted by atomic mass is 10.0. The van der Waals surface area contributed by atoms with Crippen LogP contribution in [0.2, 0.25) is 0 Å². The summed E-state index contributed by atoms with van der Waals surface area (Å²) in [5.74, 6) is -0.884. The zero-order valence-corrected chi connectivity index (χ0v) is 12.0. The van der Waals surface area contributed by atoms with Crippen molar-refractivity contribution < 1.29 is 14.6 Å². The lowest BCUT2D eigenvalue weighted by Crippen LogP contribution is -2.28. The molecule has 0 saturated heterocycles. The molecule has 0 bridgehead atoms. The van der Waals surface area contributed by atoms with Crippen LogP contribution in [0.5, 0.6) is 0 Å². The second-order valence-corrected chi connectivity index (χ2v) is 5.40. The highest BCUT2D eigenvalue weighted by atomic mass is 32.1. The second-order valence-electron chi connectivity index (χ2n) is 4.36. The van der Waals surface area contributed by atoms with Gasteiger partial charge in [0.05, 0.1) is 6.61 Å². The van der Waals surface area contributed by atoms with E-state index >= 15 is 0 Å². The zero-order valence-electron chi connectivity index (χ0n) is 11.2. The standard InChI is InChI=1S/C15H17NO3S/c1-19-10-11-5-2-3-7-13(11)14(15(17)18)16-9-12-6-4-8-20-12/h2-8,14,16H,9-10H2,1H3,(H,17,18). The van der Waals surface area contributed by atoms with Gasteiger partial charge < -0.3 is 9.84 Å². The van der Waals surface area contributed by atoms with E-state index in [1.54, 1.807) is 18.4 Å². The van der Waals surface area contributed by atoms with E-state index in [-0.39, 0.29) is 0 Å². The fourth-order valence-corrected chi connectivity index (χ4v) is 2.70. The molecule has 0 amide bonds. The molecule has 4 nitrogen and oxygen atoms in total. The molecular weight excluding hydrogens is 274 g/mol. The van der Waals surface area contributed by atoms with E-state index in [1.165, 1.54) is 0 Å². The van der Waals surface area contributed by atoms with Crippen molar-refractivity contribution in [2.24, 2.45) is 0 Å². The van der Waals surface area contributed by atoms with E-state index in [1.807, 2.05) is 41.8 Å². The van der Waals surface area contributed by atoms with Crippen molar-refractivity contribution in [2.75, 3.05) is 7.11 Å². The highest BCUT2D eigenvalue weighted by Crippen LogP contribution is 2.20. The lowest BCUT2D eigenvalue weighted by Gasteiger charge is -2.17. The van der Waals surface area contributed by atoms with Crippen molar-refractivity contribution in [1.82, 2.24) is 5.32 Å². The van der Waals surface area contributed by atoms with Gasteiger partial charge in [0, 0.05) is 18.5 Å². The van der Waals surface area contributed by atoms with Gasteiger partial charge in [-0.1, -0.05) is 30.3 Å². The van der Waals surface area contributed by atoms with Gasteiger partial charge in [0.1, 0.15) is 6.04 Å². The Morgan fingerprint density at radius 1 is 1.35 bits per heavy atom. The van der Waals surface area contributed by atoms with Gasteiger partial charge in [-0.2, -0.15) is 0 Å². The number of carbonyl (C=O) groups is 1. The highest BCUT2D eigenvalue weighted by molar-refractivity contribution is 7.09. The number of rotatable bonds is 7. The summed E-state index contributed by atoms with van der Waals surface area (Å²) in [6.45, 7) is 0.941. The van der Waals surface area contributed by atoms with Crippen LogP contribution >= 0.6 is 11.3 Å². The van der Waals surface area contributed by atoms with Gasteiger partial charge in [-0.3, -0.25) is 10.1 Å². The minimum absolute atomic E-state index is 0.403. The first-order valence-electron chi connectivity index (χ1n) is 6.27. The molecule has 0 aliphatic carbocycles. The topological polar surface area (TPSA) is 58.6 Å². The average Bonchev–Trinajstić information content (AvgIpc) is 2.94. The number of methoxy groups -OCH3 is 1. The summed E-state index contributed by atoms with van der Waals surface area (Å²) in [5.41, 5.74) is 1.64. The predicted octanol–water partition coefficient (Wildman–Crippen LogP) is 2.81. The minimum atomic E-state index is -0.884. The van der Waals surface area contributed by atoms with Gasteiger partial charge >= 0.3 is 5.97 Å². The monoisotopic (exact) mass is 291 g/mol. The maximum atomic E-state index is 11.5. The smallest absolute Gasteiger partial charge is 0.325 e. The molecule has 2 N–H and O–H groups in total. The minimum Gasteiger partial charge on any atom is -0.480 e. The third-order valence-electron chi connectivity index (χ3n) is 2.97. The van der Waals surface area contributed by atoms with Gasteiger partial charge in [0.2, 0.25) is 0 Å². The Hall–Kier alpha value is -1.69. The number of carboxylic acids is 1. The van der Waals surface area contributed by atoms with Crippen molar-refractivity contribution in [3.8, 4) is 0 Å². The molecule has 1 aromatic carbocycles. The molecule has 0 radical (unpaired) electrons. The molecule has 1 heterocycles. The van der Waals surface area contributed by atoms with Crippen molar-refractivity contribution in [3.63, 3.8) is 0 Å². The number of aliphatic carboxylic acids is 1. The van der Waals surface area contributed by atoms with Crippen molar-refractivity contribution in [1.29, 1.82) is 0 Å². The van der Waals surface area contributed by atoms with E-state index < -0.39 is 12.0 Å². The average molecular weight is 291 g/mol. The molecule has 2 aromatic rings. The fraction of sp³-hybridized carbons (Fsp3) is 0.267. The summed E-state index contributed by atoms with van der Waals surface area (Å²) in [5, 5.41) is 14.5. The Kier molecular flexibility index (Phi) is 5.29. The van der Waals surface area contributed by atoms with Crippen LogP contribution in [-0.2, 0) is 22.7 Å². The molecule has 0 aliphatic heterocycles. The van der Waals surface area contributed by atoms with Crippen LogP contribution in [-0.4, -0.2) is 18.2 Å². The molecular formula is C15H17NO3S. The first-order valence-corrected chi connectivity index (χ1v) is 7.15. The maximum absolute atomic E-state index is 11.5. The van der Waals surface area contributed by atoms with Crippen LogP contribution in [0, 0.1) is 0 Å². The Morgan fingerprint density at radius 2 is 2.15 bits per heavy atom. The summed E-state index contributed by atoms with van der Waals surface area (Å²) in [7, 11) is 1.60. The van der Waals surface area contributed by atoms with E-state index in [9.17, 15) is 9.90 Å². The van der Waals surface area contributed by atoms with Gasteiger partial charge in [-0.15, -0.1) is 11.3 Å². The third kappa shape index (κ3) is 3.66. The molecule has 1 unspecified atom stereocenters. The Morgan fingerprint density at radius 3 is 2.80 bits per heavy atom. The van der Waals surface area contributed by atoms with E-state index in [0.717, 1.165) is 16.0 Å². The highest BCUT2D eigenvalue weighted by Gasteiger charge is 2.21. The molecule has 0 aliphatic rings. The first-order chi connectivity index (χ1) is 9.72. The van der Waals surface area contributed by atoms with Crippen LogP contribution in [0.15, 0.2) is 41.8 Å². The van der Waals surface area contributed by atoms with E-state index in [2.05, 4.69) is 5.32 Å². The Balaban J connectivity index is 2.17. The second kappa shape index (κ2) is 7.19. The third-order valence-corrected chi connectivity index (χ3v) is 3.85. The molecule has 0 fully saturated rings. The summed E-state index contributed by atoms with van der Waals surface area (Å²) >= 11 is 1.61. The summed E-state index contributed by atoms with van der Waals surface area (Å²) < 4.78 is 5.13. The lowest BCUT2D eigenvalue weighted by molar-refractivity contribution is -0.139. The SMILES string of the molecule is COCc1ccccc1C(NCc1cccs1)C(=O)O. The van der Waals surface area contributed by atoms with Crippen LogP contribution < -0.4 is 5.32 Å². The molecule has 0 saturated carbocycles. The van der Waals surface area contributed by atoms with Gasteiger partial charge in [0.15, 0.2) is 0 Å². The van der Waals surface area contributed by atoms with Crippen LogP contribution in [0.25, 0.3) is 0 Å². The molecule has 1 aromatic heterocycles. The fourth-order valence-electron chi connectivity index (χ4n) is 2.05. The number of carboxylic acid groups (broad SMARTS) is 1. The van der Waals surface area contributed by atoms with Crippen LogP contribution in [0.1, 0.15) is 22.0 Å². The first kappa shape index (κ1) is 14.7. The van der Waals surface area contributed by atoms with E-state index in [4.69, 9.17) is 4.74 Å². The van der Waals surface area contributed by atoms with Crippen LogP contribution in [0.3, 0.4) is 0 Å². The van der Waals surface area contributed by atoms with Gasteiger partial charge in [0.25, 0.3) is 0 Å². The molecule has 5 heteroatoms. The number of ether oxygens (including phenoxy) is 1. The number of hydrogen-bond acceptors (Lipinski definition) is 4. The number of nitrogens with one attached hydrogen (secondary N) is 1.